The number of para-hydroxylation sites is 1. The zero-order chi connectivity index (χ0) is 14.4. The summed E-state index contributed by atoms with van der Waals surface area (Å²) in [6.45, 7) is 0. The van der Waals surface area contributed by atoms with E-state index in [-0.39, 0.29) is 0 Å². The van der Waals surface area contributed by atoms with Crippen LogP contribution in [0.1, 0.15) is 0 Å². The maximum atomic E-state index is 6.22. The lowest BCUT2D eigenvalue weighted by Crippen LogP contribution is -1.95. The predicted molar refractivity (Wildman–Crippen MR) is 88.0 cm³/mol. The number of halogens is 1. The van der Waals surface area contributed by atoms with Gasteiger partial charge in [0.2, 0.25) is 0 Å². The Balaban J connectivity index is 1.99. The lowest BCUT2D eigenvalue weighted by atomic mass is 10.2. The molecule has 0 aliphatic rings. The van der Waals surface area contributed by atoms with Gasteiger partial charge in [-0.3, -0.25) is 4.40 Å². The van der Waals surface area contributed by atoms with E-state index in [1.165, 1.54) is 0 Å². The van der Waals surface area contributed by atoms with E-state index in [4.69, 9.17) is 5.73 Å². The number of benzene rings is 1. The molecule has 0 unspecified atom stereocenters. The molecule has 0 aliphatic carbocycles. The highest BCUT2D eigenvalue weighted by Gasteiger charge is 2.14. The van der Waals surface area contributed by atoms with Crippen LogP contribution in [0.5, 0.6) is 0 Å². The van der Waals surface area contributed by atoms with Crippen LogP contribution in [-0.4, -0.2) is 14.4 Å². The van der Waals surface area contributed by atoms with Crippen LogP contribution >= 0.6 is 15.9 Å². The first-order valence-corrected chi connectivity index (χ1v) is 7.31. The molecule has 0 bridgehead atoms. The lowest BCUT2D eigenvalue weighted by molar-refractivity contribution is 1.19. The van der Waals surface area contributed by atoms with Crippen molar-refractivity contribution in [1.82, 2.24) is 14.4 Å². The van der Waals surface area contributed by atoms with Crippen molar-refractivity contribution in [1.29, 1.82) is 0 Å². The molecule has 2 N–H and O–H groups in total. The zero-order valence-corrected chi connectivity index (χ0v) is 12.6. The van der Waals surface area contributed by atoms with E-state index in [1.54, 1.807) is 0 Å². The van der Waals surface area contributed by atoms with Crippen LogP contribution < -0.4 is 5.73 Å². The second kappa shape index (κ2) is 4.56. The zero-order valence-electron chi connectivity index (χ0n) is 11.0. The van der Waals surface area contributed by atoms with Gasteiger partial charge in [-0.15, -0.1) is 0 Å². The molecule has 5 heteroatoms. The summed E-state index contributed by atoms with van der Waals surface area (Å²) in [5, 5.41) is 1.10. The van der Waals surface area contributed by atoms with E-state index in [9.17, 15) is 0 Å². The third kappa shape index (κ3) is 1.89. The molecule has 0 saturated carbocycles. The second-order valence-corrected chi connectivity index (χ2v) is 5.64. The van der Waals surface area contributed by atoms with Gasteiger partial charge >= 0.3 is 0 Å². The number of nitrogens with zero attached hydrogens (tertiary/aromatic N) is 3. The summed E-state index contributed by atoms with van der Waals surface area (Å²) in [6.07, 6.45) is 1.90. The molecule has 0 saturated heterocycles. The van der Waals surface area contributed by atoms with Crippen molar-refractivity contribution in [3.8, 4) is 11.4 Å². The van der Waals surface area contributed by atoms with Gasteiger partial charge in [0.25, 0.3) is 0 Å². The van der Waals surface area contributed by atoms with E-state index >= 15 is 0 Å². The molecule has 102 valence electrons. The first-order chi connectivity index (χ1) is 10.2. The van der Waals surface area contributed by atoms with E-state index in [0.717, 1.165) is 26.7 Å². The van der Waals surface area contributed by atoms with Crippen LogP contribution in [0, 0.1) is 0 Å². The molecule has 4 aromatic rings. The molecule has 3 heterocycles. The van der Waals surface area contributed by atoms with Crippen molar-refractivity contribution in [2.24, 2.45) is 0 Å². The fourth-order valence-electron chi connectivity index (χ4n) is 2.44. The summed E-state index contributed by atoms with van der Waals surface area (Å²) in [6, 6.07) is 15.9. The third-order valence-electron chi connectivity index (χ3n) is 3.48. The summed E-state index contributed by atoms with van der Waals surface area (Å²) in [5.74, 6) is 0.592. The molecular formula is C16H11BrN4. The van der Waals surface area contributed by atoms with Gasteiger partial charge in [-0.25, -0.2) is 9.97 Å². The van der Waals surface area contributed by atoms with Crippen LogP contribution in [0.4, 0.5) is 5.82 Å². The van der Waals surface area contributed by atoms with Gasteiger partial charge in [0.1, 0.15) is 11.5 Å². The molecular weight excluding hydrogens is 328 g/mol. The predicted octanol–water partition coefficient (Wildman–Crippen LogP) is 3.89. The topological polar surface area (TPSA) is 56.2 Å². The van der Waals surface area contributed by atoms with Gasteiger partial charge in [0.15, 0.2) is 5.65 Å². The number of hydrogen-bond acceptors (Lipinski definition) is 3. The molecule has 4 rings (SSSR count). The number of rotatable bonds is 1. The lowest BCUT2D eigenvalue weighted by Gasteiger charge is -2.01. The highest BCUT2D eigenvalue weighted by Crippen LogP contribution is 2.29. The molecule has 0 radical (unpaired) electrons. The Morgan fingerprint density at radius 1 is 0.952 bits per heavy atom. The van der Waals surface area contributed by atoms with Crippen molar-refractivity contribution in [3.63, 3.8) is 0 Å². The van der Waals surface area contributed by atoms with Gasteiger partial charge in [0, 0.05) is 11.6 Å². The summed E-state index contributed by atoms with van der Waals surface area (Å²) >= 11 is 3.50. The number of fused-ring (bicyclic) bond motifs is 2. The molecule has 0 fully saturated rings. The van der Waals surface area contributed by atoms with Crippen molar-refractivity contribution >= 4 is 38.3 Å². The van der Waals surface area contributed by atoms with Crippen LogP contribution in [0.3, 0.4) is 0 Å². The second-order valence-electron chi connectivity index (χ2n) is 4.78. The minimum absolute atomic E-state index is 0.592. The Bertz CT molecular complexity index is 975. The Kier molecular flexibility index (Phi) is 2.68. The Labute approximate surface area is 129 Å². The number of imidazole rings is 1. The summed E-state index contributed by atoms with van der Waals surface area (Å²) in [7, 11) is 0. The molecule has 0 amide bonds. The highest BCUT2D eigenvalue weighted by atomic mass is 79.9. The van der Waals surface area contributed by atoms with Gasteiger partial charge in [-0.05, 0) is 40.2 Å². The number of nitrogens with two attached hydrogens (primary N) is 1. The first-order valence-electron chi connectivity index (χ1n) is 6.52. The standard InChI is InChI=1S/C16H11BrN4/c17-11-5-3-9-21-15(18)14(20-16(11)21)13-8-7-10-4-1-2-6-12(10)19-13/h1-9H,18H2. The number of pyridine rings is 2. The molecule has 0 atom stereocenters. The van der Waals surface area contributed by atoms with Gasteiger partial charge in [-0.2, -0.15) is 0 Å². The fraction of sp³-hybridized carbons (Fsp3) is 0. The van der Waals surface area contributed by atoms with Crippen LogP contribution in [0.25, 0.3) is 27.9 Å². The number of hydrogen-bond donors (Lipinski definition) is 1. The molecule has 0 aliphatic heterocycles. The SMILES string of the molecule is Nc1c(-c2ccc3ccccc3n2)nc2c(Br)cccn12. The minimum Gasteiger partial charge on any atom is -0.383 e. The van der Waals surface area contributed by atoms with Crippen molar-refractivity contribution < 1.29 is 0 Å². The normalized spacial score (nSPS) is 11.3. The number of nitrogen functional groups attached to an aromatic ring is 1. The molecule has 4 nitrogen and oxygen atoms in total. The Morgan fingerprint density at radius 3 is 2.67 bits per heavy atom. The Morgan fingerprint density at radius 2 is 1.81 bits per heavy atom. The quantitative estimate of drug-likeness (QED) is 0.572. The van der Waals surface area contributed by atoms with Gasteiger partial charge in [0.05, 0.1) is 15.7 Å². The monoisotopic (exact) mass is 338 g/mol. The van der Waals surface area contributed by atoms with Gasteiger partial charge < -0.3 is 5.73 Å². The van der Waals surface area contributed by atoms with Crippen molar-refractivity contribution in [3.05, 3.63) is 59.2 Å². The van der Waals surface area contributed by atoms with E-state index in [0.29, 0.717) is 11.5 Å². The molecule has 1 aromatic carbocycles. The third-order valence-corrected chi connectivity index (χ3v) is 4.10. The van der Waals surface area contributed by atoms with Crippen molar-refractivity contribution in [2.45, 2.75) is 0 Å². The van der Waals surface area contributed by atoms with Crippen LogP contribution in [0.2, 0.25) is 0 Å². The minimum atomic E-state index is 0.592. The smallest absolute Gasteiger partial charge is 0.153 e. The largest absolute Gasteiger partial charge is 0.383 e. The van der Waals surface area contributed by atoms with E-state index in [2.05, 4.69) is 25.9 Å². The van der Waals surface area contributed by atoms with Crippen LogP contribution in [0.15, 0.2) is 59.2 Å². The van der Waals surface area contributed by atoms with Crippen LogP contribution in [-0.2, 0) is 0 Å². The summed E-state index contributed by atoms with van der Waals surface area (Å²) in [4.78, 5) is 9.28. The Hall–Kier alpha value is -2.40. The average molecular weight is 339 g/mol. The number of anilines is 1. The molecule has 21 heavy (non-hydrogen) atoms. The maximum Gasteiger partial charge on any atom is 0.153 e. The average Bonchev–Trinajstić information content (AvgIpc) is 2.86. The first kappa shape index (κ1) is 12.3. The molecule has 0 spiro atoms. The summed E-state index contributed by atoms with van der Waals surface area (Å²) < 4.78 is 2.76. The highest BCUT2D eigenvalue weighted by molar-refractivity contribution is 9.10. The number of aromatic nitrogens is 3. The fourth-order valence-corrected chi connectivity index (χ4v) is 2.87. The van der Waals surface area contributed by atoms with Gasteiger partial charge in [-0.1, -0.05) is 24.3 Å². The summed E-state index contributed by atoms with van der Waals surface area (Å²) in [5.41, 5.74) is 9.43. The molecule has 3 aromatic heterocycles. The van der Waals surface area contributed by atoms with E-state index in [1.807, 2.05) is 59.1 Å². The van der Waals surface area contributed by atoms with Crippen molar-refractivity contribution in [2.75, 3.05) is 5.73 Å². The maximum absolute atomic E-state index is 6.22. The van der Waals surface area contributed by atoms with E-state index < -0.39 is 0 Å².